The molecule has 182 valence electrons. The van der Waals surface area contributed by atoms with Crippen molar-refractivity contribution in [3.8, 4) is 11.5 Å². The fourth-order valence-corrected chi connectivity index (χ4v) is 5.14. The van der Waals surface area contributed by atoms with Crippen molar-refractivity contribution in [3.05, 3.63) is 29.8 Å². The number of thiocarbonyl (C=S) groups is 1. The number of nitrogens with one attached hydrogen (secondary N) is 2. The van der Waals surface area contributed by atoms with Gasteiger partial charge in [-0.3, -0.25) is 0 Å². The van der Waals surface area contributed by atoms with E-state index >= 15 is 0 Å². The van der Waals surface area contributed by atoms with Crippen LogP contribution in [0.25, 0.3) is 0 Å². The summed E-state index contributed by atoms with van der Waals surface area (Å²) >= 11 is 5.59. The molecule has 2 aromatic rings. The number of fused-ring (bicyclic) bond motifs is 1. The number of anilines is 3. The maximum atomic E-state index is 5.59. The summed E-state index contributed by atoms with van der Waals surface area (Å²) in [7, 11) is 0. The lowest BCUT2D eigenvalue weighted by atomic mass is 10.00. The largest absolute Gasteiger partial charge is 0.454 e. The number of benzene rings is 1. The van der Waals surface area contributed by atoms with Gasteiger partial charge >= 0.3 is 0 Å². The van der Waals surface area contributed by atoms with Crippen LogP contribution in [0.2, 0.25) is 0 Å². The highest BCUT2D eigenvalue weighted by molar-refractivity contribution is 7.80. The van der Waals surface area contributed by atoms with E-state index in [1.165, 1.54) is 25.7 Å². The minimum Gasteiger partial charge on any atom is -0.454 e. The molecule has 0 radical (unpaired) electrons. The van der Waals surface area contributed by atoms with Gasteiger partial charge in [-0.1, -0.05) is 19.9 Å². The Bertz CT molecular complexity index is 994. The van der Waals surface area contributed by atoms with E-state index in [0.29, 0.717) is 29.4 Å². The van der Waals surface area contributed by atoms with Gasteiger partial charge in [0.15, 0.2) is 16.6 Å². The standard InChI is InChI=1S/C25H34N6O2S/c1-17-5-3-9-30(14-17)22-12-23(31-10-4-6-18(2)15-31)28-24(27-22)29-25(34)26-13-19-7-8-20-21(11-19)33-16-32-20/h7-8,11-12,17-18H,3-6,9-10,13-16H2,1-2H3,(H2,26,27,28,29,34). The van der Waals surface area contributed by atoms with E-state index in [1.807, 2.05) is 18.2 Å². The van der Waals surface area contributed by atoms with Crippen molar-refractivity contribution >= 4 is 34.9 Å². The van der Waals surface area contributed by atoms with Crippen LogP contribution in [0.4, 0.5) is 17.6 Å². The molecule has 3 aliphatic rings. The van der Waals surface area contributed by atoms with Gasteiger partial charge < -0.3 is 29.9 Å². The first-order valence-electron chi connectivity index (χ1n) is 12.4. The van der Waals surface area contributed by atoms with E-state index in [1.54, 1.807) is 0 Å². The third-order valence-electron chi connectivity index (χ3n) is 6.78. The normalized spacial score (nSPS) is 21.9. The molecule has 4 heterocycles. The predicted octanol–water partition coefficient (Wildman–Crippen LogP) is 4.16. The van der Waals surface area contributed by atoms with Gasteiger partial charge in [0.1, 0.15) is 11.6 Å². The van der Waals surface area contributed by atoms with Gasteiger partial charge in [0.25, 0.3) is 0 Å². The highest BCUT2D eigenvalue weighted by atomic mass is 32.1. The molecule has 2 unspecified atom stereocenters. The van der Waals surface area contributed by atoms with E-state index in [0.717, 1.165) is 54.9 Å². The van der Waals surface area contributed by atoms with E-state index < -0.39 is 0 Å². The SMILES string of the molecule is CC1CCCN(c2cc(N3CCCC(C)C3)nc(NC(=S)NCc3ccc4c(c3)OCO4)n2)C1. The highest BCUT2D eigenvalue weighted by Crippen LogP contribution is 2.32. The minimum atomic E-state index is 0.272. The summed E-state index contributed by atoms with van der Waals surface area (Å²) < 4.78 is 10.9. The molecule has 9 heteroatoms. The summed E-state index contributed by atoms with van der Waals surface area (Å²) in [5, 5.41) is 7.00. The molecule has 2 saturated heterocycles. The van der Waals surface area contributed by atoms with Gasteiger partial charge in [-0.15, -0.1) is 0 Å². The van der Waals surface area contributed by atoms with Crippen molar-refractivity contribution in [2.24, 2.45) is 11.8 Å². The first-order valence-corrected chi connectivity index (χ1v) is 12.8. The molecule has 0 aliphatic carbocycles. The molecule has 1 aromatic heterocycles. The zero-order chi connectivity index (χ0) is 23.5. The second-order valence-corrected chi connectivity index (χ2v) is 10.2. The van der Waals surface area contributed by atoms with Gasteiger partial charge in [0, 0.05) is 38.8 Å². The molecule has 0 bridgehead atoms. The average molecular weight is 483 g/mol. The van der Waals surface area contributed by atoms with Gasteiger partial charge in [0.2, 0.25) is 12.7 Å². The molecule has 8 nitrogen and oxygen atoms in total. The van der Waals surface area contributed by atoms with Crippen LogP contribution in [0.15, 0.2) is 24.3 Å². The summed E-state index contributed by atoms with van der Waals surface area (Å²) in [4.78, 5) is 14.5. The van der Waals surface area contributed by atoms with Crippen LogP contribution in [0.5, 0.6) is 11.5 Å². The van der Waals surface area contributed by atoms with Crippen molar-refractivity contribution in [1.29, 1.82) is 0 Å². The average Bonchev–Trinajstić information content (AvgIpc) is 3.30. The smallest absolute Gasteiger partial charge is 0.232 e. The van der Waals surface area contributed by atoms with Crippen molar-refractivity contribution in [1.82, 2.24) is 15.3 Å². The van der Waals surface area contributed by atoms with Gasteiger partial charge in [0.05, 0.1) is 0 Å². The highest BCUT2D eigenvalue weighted by Gasteiger charge is 2.23. The Hall–Kier alpha value is -2.81. The lowest BCUT2D eigenvalue weighted by Gasteiger charge is -2.35. The predicted molar refractivity (Wildman–Crippen MR) is 139 cm³/mol. The lowest BCUT2D eigenvalue weighted by molar-refractivity contribution is 0.174. The Labute approximate surface area is 207 Å². The number of hydrogen-bond acceptors (Lipinski definition) is 7. The van der Waals surface area contributed by atoms with E-state index in [4.69, 9.17) is 31.7 Å². The topological polar surface area (TPSA) is 74.8 Å². The van der Waals surface area contributed by atoms with Crippen LogP contribution < -0.4 is 29.9 Å². The van der Waals surface area contributed by atoms with Crippen LogP contribution in [0.1, 0.15) is 45.1 Å². The zero-order valence-electron chi connectivity index (χ0n) is 20.0. The molecular formula is C25H34N6O2S. The van der Waals surface area contributed by atoms with Gasteiger partial charge in [-0.2, -0.15) is 9.97 Å². The van der Waals surface area contributed by atoms with E-state index in [9.17, 15) is 0 Å². The number of hydrogen-bond donors (Lipinski definition) is 2. The maximum absolute atomic E-state index is 5.59. The Morgan fingerprint density at radius 1 is 0.971 bits per heavy atom. The number of aromatic nitrogens is 2. The summed E-state index contributed by atoms with van der Waals surface area (Å²) in [5.41, 5.74) is 1.06. The molecule has 2 atom stereocenters. The number of piperidine rings is 2. The number of rotatable bonds is 5. The van der Waals surface area contributed by atoms with Crippen LogP contribution in [0.3, 0.4) is 0 Å². The minimum absolute atomic E-state index is 0.272. The second kappa shape index (κ2) is 10.2. The van der Waals surface area contributed by atoms with Crippen molar-refractivity contribution in [2.75, 3.05) is 48.1 Å². The zero-order valence-corrected chi connectivity index (χ0v) is 20.9. The fourth-order valence-electron chi connectivity index (χ4n) is 4.98. The Morgan fingerprint density at radius 2 is 1.62 bits per heavy atom. The van der Waals surface area contributed by atoms with Crippen LogP contribution in [-0.4, -0.2) is 48.1 Å². The maximum Gasteiger partial charge on any atom is 0.232 e. The Morgan fingerprint density at radius 3 is 2.26 bits per heavy atom. The Balaban J connectivity index is 1.30. The molecule has 1 aromatic carbocycles. The first kappa shape index (κ1) is 23.0. The molecule has 0 spiro atoms. The van der Waals surface area contributed by atoms with Crippen molar-refractivity contribution in [3.63, 3.8) is 0 Å². The number of nitrogens with zero attached hydrogens (tertiary/aromatic N) is 4. The van der Waals surface area contributed by atoms with E-state index in [2.05, 4.69) is 40.3 Å². The molecule has 0 saturated carbocycles. The molecule has 34 heavy (non-hydrogen) atoms. The lowest BCUT2D eigenvalue weighted by Crippen LogP contribution is -2.37. The summed E-state index contributed by atoms with van der Waals surface area (Å²) in [6, 6.07) is 8.06. The second-order valence-electron chi connectivity index (χ2n) is 9.79. The molecule has 2 N–H and O–H groups in total. The summed E-state index contributed by atoms with van der Waals surface area (Å²) in [6.45, 7) is 9.59. The summed E-state index contributed by atoms with van der Waals surface area (Å²) in [6.07, 6.45) is 4.94. The van der Waals surface area contributed by atoms with Crippen LogP contribution >= 0.6 is 12.2 Å². The summed E-state index contributed by atoms with van der Waals surface area (Å²) in [5.74, 6) is 5.40. The Kier molecular flexibility index (Phi) is 6.89. The van der Waals surface area contributed by atoms with Crippen molar-refractivity contribution < 1.29 is 9.47 Å². The first-order chi connectivity index (χ1) is 16.5. The quantitative estimate of drug-likeness (QED) is 0.611. The number of ether oxygens (including phenoxy) is 2. The molecule has 0 amide bonds. The monoisotopic (exact) mass is 482 g/mol. The van der Waals surface area contributed by atoms with Crippen molar-refractivity contribution in [2.45, 2.75) is 46.1 Å². The molecular weight excluding hydrogens is 448 g/mol. The van der Waals surface area contributed by atoms with Crippen LogP contribution in [-0.2, 0) is 6.54 Å². The van der Waals surface area contributed by atoms with E-state index in [-0.39, 0.29) is 6.79 Å². The molecule has 2 fully saturated rings. The van der Waals surface area contributed by atoms with Gasteiger partial charge in [-0.25, -0.2) is 0 Å². The molecule has 5 rings (SSSR count). The third-order valence-corrected chi connectivity index (χ3v) is 7.02. The molecule has 3 aliphatic heterocycles. The van der Waals surface area contributed by atoms with Gasteiger partial charge in [-0.05, 0) is 67.4 Å². The fraction of sp³-hybridized carbons (Fsp3) is 0.560. The van der Waals surface area contributed by atoms with Crippen LogP contribution in [0, 0.1) is 11.8 Å². The third kappa shape index (κ3) is 5.46.